The van der Waals surface area contributed by atoms with E-state index in [9.17, 15) is 0 Å². The van der Waals surface area contributed by atoms with E-state index in [1.54, 1.807) is 0 Å². The van der Waals surface area contributed by atoms with Gasteiger partial charge in [-0.05, 0) is 37.8 Å². The maximum atomic E-state index is 5.81. The van der Waals surface area contributed by atoms with Crippen molar-refractivity contribution >= 4 is 0 Å². The minimum Gasteiger partial charge on any atom is -0.327 e. The zero-order valence-corrected chi connectivity index (χ0v) is 5.64. The Kier molecular flexibility index (Phi) is 1.24. The van der Waals surface area contributed by atoms with Crippen molar-refractivity contribution in [3.63, 3.8) is 0 Å². The second-order valence-corrected chi connectivity index (χ2v) is 3.32. The molecule has 2 aliphatic rings. The molecule has 0 spiro atoms. The predicted octanol–water partition coefficient (Wildman–Crippen LogP) is -0.0569. The number of hydrogen-bond donors (Lipinski definition) is 2. The third-order valence-electron chi connectivity index (χ3n) is 2.79. The molecule has 0 aromatic heterocycles. The predicted molar refractivity (Wildman–Crippen MR) is 37.1 cm³/mol. The maximum Gasteiger partial charge on any atom is 0.00739 e. The van der Waals surface area contributed by atoms with Gasteiger partial charge in [0.05, 0.1) is 0 Å². The van der Waals surface area contributed by atoms with Gasteiger partial charge in [0.2, 0.25) is 0 Å². The molecule has 3 N–H and O–H groups in total. The summed E-state index contributed by atoms with van der Waals surface area (Å²) in [5.41, 5.74) is 5.81. The van der Waals surface area contributed by atoms with Gasteiger partial charge in [-0.1, -0.05) is 0 Å². The lowest BCUT2D eigenvalue weighted by Crippen LogP contribution is -2.55. The fourth-order valence-corrected chi connectivity index (χ4v) is 2.09. The van der Waals surface area contributed by atoms with Gasteiger partial charge in [0.25, 0.3) is 0 Å². The summed E-state index contributed by atoms with van der Waals surface area (Å²) in [6.45, 7) is 2.41. The second-order valence-electron chi connectivity index (χ2n) is 3.32. The molecule has 2 rings (SSSR count). The number of fused-ring (bicyclic) bond motifs is 1. The first-order valence-corrected chi connectivity index (χ1v) is 3.84. The van der Waals surface area contributed by atoms with E-state index in [4.69, 9.17) is 5.73 Å². The Labute approximate surface area is 55.8 Å². The number of piperidine rings is 1. The van der Waals surface area contributed by atoms with Gasteiger partial charge < -0.3 is 11.1 Å². The van der Waals surface area contributed by atoms with Crippen molar-refractivity contribution in [2.45, 2.75) is 18.9 Å². The average Bonchev–Trinajstić information content (AvgIpc) is 1.86. The van der Waals surface area contributed by atoms with Crippen LogP contribution in [-0.2, 0) is 0 Å². The number of nitrogens with two attached hydrogens (primary N) is 1. The highest BCUT2D eigenvalue weighted by molar-refractivity contribution is 4.95. The third kappa shape index (κ3) is 0.775. The van der Waals surface area contributed by atoms with Gasteiger partial charge in [0.15, 0.2) is 0 Å². The maximum absolute atomic E-state index is 5.81. The van der Waals surface area contributed by atoms with Crippen LogP contribution in [0.25, 0.3) is 0 Å². The first-order valence-electron chi connectivity index (χ1n) is 3.84. The molecule has 2 fully saturated rings. The average molecular weight is 126 g/mol. The summed E-state index contributed by atoms with van der Waals surface area (Å²) in [6, 6.07) is 0.539. The number of nitrogens with one attached hydrogen (secondary N) is 1. The summed E-state index contributed by atoms with van der Waals surface area (Å²) >= 11 is 0. The van der Waals surface area contributed by atoms with Crippen molar-refractivity contribution in [3.8, 4) is 0 Å². The van der Waals surface area contributed by atoms with E-state index in [1.165, 1.54) is 25.9 Å². The SMILES string of the molecule is N[C@@H]1C[C@@H]2CNCC[C@@H]21. The minimum atomic E-state index is 0.539. The zero-order valence-electron chi connectivity index (χ0n) is 5.64. The minimum absolute atomic E-state index is 0.539. The van der Waals surface area contributed by atoms with Gasteiger partial charge in [-0.3, -0.25) is 0 Å². The van der Waals surface area contributed by atoms with Gasteiger partial charge in [-0.15, -0.1) is 0 Å². The molecule has 0 radical (unpaired) electrons. The Balaban J connectivity index is 1.94. The molecule has 0 aromatic rings. The Bertz CT molecular complexity index is 111. The normalized spacial score (nSPS) is 49.7. The third-order valence-corrected chi connectivity index (χ3v) is 2.79. The Hall–Kier alpha value is -0.0800. The fraction of sp³-hybridized carbons (Fsp3) is 1.00. The molecule has 1 aliphatic heterocycles. The van der Waals surface area contributed by atoms with E-state index in [0.717, 1.165) is 11.8 Å². The molecule has 1 heterocycles. The molecule has 1 aliphatic carbocycles. The topological polar surface area (TPSA) is 38.0 Å². The molecule has 2 heteroatoms. The van der Waals surface area contributed by atoms with Crippen LogP contribution in [-0.4, -0.2) is 19.1 Å². The first kappa shape index (κ1) is 5.69. The molecule has 0 unspecified atom stereocenters. The van der Waals surface area contributed by atoms with Crippen LogP contribution in [0.5, 0.6) is 0 Å². The van der Waals surface area contributed by atoms with Crippen LogP contribution < -0.4 is 11.1 Å². The summed E-state index contributed by atoms with van der Waals surface area (Å²) in [7, 11) is 0. The quantitative estimate of drug-likeness (QED) is 0.477. The van der Waals surface area contributed by atoms with Crippen LogP contribution in [0.4, 0.5) is 0 Å². The molecule has 9 heavy (non-hydrogen) atoms. The molecule has 3 atom stereocenters. The highest BCUT2D eigenvalue weighted by atomic mass is 14.9. The van der Waals surface area contributed by atoms with Crippen molar-refractivity contribution in [1.29, 1.82) is 0 Å². The van der Waals surface area contributed by atoms with Crippen molar-refractivity contribution in [3.05, 3.63) is 0 Å². The van der Waals surface area contributed by atoms with Crippen LogP contribution in [0.2, 0.25) is 0 Å². The summed E-state index contributed by atoms with van der Waals surface area (Å²) in [4.78, 5) is 0. The summed E-state index contributed by atoms with van der Waals surface area (Å²) in [5, 5.41) is 3.38. The van der Waals surface area contributed by atoms with Crippen molar-refractivity contribution < 1.29 is 0 Å². The highest BCUT2D eigenvalue weighted by Crippen LogP contribution is 2.36. The van der Waals surface area contributed by atoms with Crippen LogP contribution in [0.15, 0.2) is 0 Å². The fourth-order valence-electron chi connectivity index (χ4n) is 2.09. The van der Waals surface area contributed by atoms with Gasteiger partial charge in [-0.25, -0.2) is 0 Å². The van der Waals surface area contributed by atoms with E-state index < -0.39 is 0 Å². The molecular formula is C7H14N2. The lowest BCUT2D eigenvalue weighted by Gasteiger charge is -2.46. The molecular weight excluding hydrogens is 112 g/mol. The lowest BCUT2D eigenvalue weighted by atomic mass is 9.66. The standard InChI is InChI=1S/C7H14N2/c8-7-3-5-4-9-2-1-6(5)7/h5-7,9H,1-4,8H2/t5-,6+,7-/m1/s1. The van der Waals surface area contributed by atoms with E-state index in [2.05, 4.69) is 5.32 Å². The molecule has 2 nitrogen and oxygen atoms in total. The molecule has 52 valence electrons. The Morgan fingerprint density at radius 1 is 1.44 bits per heavy atom. The highest BCUT2D eigenvalue weighted by Gasteiger charge is 2.39. The summed E-state index contributed by atoms with van der Waals surface area (Å²) in [5.74, 6) is 1.79. The van der Waals surface area contributed by atoms with E-state index >= 15 is 0 Å². The van der Waals surface area contributed by atoms with Crippen LogP contribution >= 0.6 is 0 Å². The number of hydrogen-bond acceptors (Lipinski definition) is 2. The van der Waals surface area contributed by atoms with Crippen molar-refractivity contribution in [2.24, 2.45) is 17.6 Å². The van der Waals surface area contributed by atoms with Crippen LogP contribution in [0, 0.1) is 11.8 Å². The summed E-state index contributed by atoms with van der Waals surface area (Å²) in [6.07, 6.45) is 2.57. The molecule has 1 saturated heterocycles. The Morgan fingerprint density at radius 3 is 2.89 bits per heavy atom. The molecule has 0 amide bonds. The van der Waals surface area contributed by atoms with Gasteiger partial charge in [-0.2, -0.15) is 0 Å². The monoisotopic (exact) mass is 126 g/mol. The molecule has 0 aromatic carbocycles. The summed E-state index contributed by atoms with van der Waals surface area (Å²) < 4.78 is 0. The molecule has 1 saturated carbocycles. The largest absolute Gasteiger partial charge is 0.327 e. The number of rotatable bonds is 0. The lowest BCUT2D eigenvalue weighted by molar-refractivity contribution is 0.0967. The van der Waals surface area contributed by atoms with Crippen molar-refractivity contribution in [1.82, 2.24) is 5.32 Å². The smallest absolute Gasteiger partial charge is 0.00739 e. The van der Waals surface area contributed by atoms with Crippen molar-refractivity contribution in [2.75, 3.05) is 13.1 Å². The van der Waals surface area contributed by atoms with Gasteiger partial charge >= 0.3 is 0 Å². The van der Waals surface area contributed by atoms with E-state index in [1.807, 2.05) is 0 Å². The van der Waals surface area contributed by atoms with Crippen LogP contribution in [0.3, 0.4) is 0 Å². The van der Waals surface area contributed by atoms with E-state index in [-0.39, 0.29) is 0 Å². The van der Waals surface area contributed by atoms with Crippen LogP contribution in [0.1, 0.15) is 12.8 Å². The van der Waals surface area contributed by atoms with Gasteiger partial charge in [0, 0.05) is 6.04 Å². The zero-order chi connectivity index (χ0) is 6.27. The second kappa shape index (κ2) is 1.96. The van der Waals surface area contributed by atoms with E-state index in [0.29, 0.717) is 6.04 Å². The first-order chi connectivity index (χ1) is 4.38. The van der Waals surface area contributed by atoms with Gasteiger partial charge in [0.1, 0.15) is 0 Å². The Morgan fingerprint density at radius 2 is 2.33 bits per heavy atom. The molecule has 0 bridgehead atoms.